The van der Waals surface area contributed by atoms with E-state index in [2.05, 4.69) is 48.6 Å². The fourth-order valence-electron chi connectivity index (χ4n) is 4.37. The number of phenolic OH excluding ortho intramolecular Hbond substituents is 1. The second-order valence-corrected chi connectivity index (χ2v) is 6.99. The Bertz CT molecular complexity index is 832. The maximum atomic E-state index is 9.92. The number of allylic oxidation sites excluding steroid dienone is 4. The van der Waals surface area contributed by atoms with Crippen LogP contribution >= 0.6 is 0 Å². The van der Waals surface area contributed by atoms with Crippen molar-refractivity contribution in [3.05, 3.63) is 88.7 Å². The van der Waals surface area contributed by atoms with Crippen molar-refractivity contribution in [2.24, 2.45) is 0 Å². The Morgan fingerprint density at radius 3 is 2.76 bits per heavy atom. The van der Waals surface area contributed by atoms with Crippen LogP contribution in [-0.2, 0) is 23.0 Å². The van der Waals surface area contributed by atoms with Gasteiger partial charge in [-0.25, -0.2) is 0 Å². The van der Waals surface area contributed by atoms with E-state index < -0.39 is 0 Å². The molecule has 25 heavy (non-hydrogen) atoms. The van der Waals surface area contributed by atoms with E-state index in [0.717, 1.165) is 38.0 Å². The molecule has 2 aliphatic carbocycles. The molecule has 1 atom stereocenters. The van der Waals surface area contributed by atoms with E-state index in [-0.39, 0.29) is 5.41 Å². The number of fused-ring (bicyclic) bond motifs is 3. The Morgan fingerprint density at radius 1 is 1.12 bits per heavy atom. The summed E-state index contributed by atoms with van der Waals surface area (Å²) in [5, 5.41) is 9.92. The lowest BCUT2D eigenvalue weighted by Gasteiger charge is -2.43. The summed E-state index contributed by atoms with van der Waals surface area (Å²) in [6.07, 6.45) is 8.42. The van der Waals surface area contributed by atoms with E-state index in [9.17, 15) is 5.11 Å². The van der Waals surface area contributed by atoms with E-state index in [1.165, 1.54) is 22.3 Å². The van der Waals surface area contributed by atoms with Crippen LogP contribution in [0, 0.1) is 0 Å². The van der Waals surface area contributed by atoms with Gasteiger partial charge in [-0.1, -0.05) is 42.5 Å². The van der Waals surface area contributed by atoms with Crippen molar-refractivity contribution in [2.45, 2.75) is 38.0 Å². The molecule has 2 heteroatoms. The van der Waals surface area contributed by atoms with Gasteiger partial charge in [-0.15, -0.1) is 0 Å². The predicted molar refractivity (Wildman–Crippen MR) is 101 cm³/mol. The van der Waals surface area contributed by atoms with Crippen LogP contribution in [0.3, 0.4) is 0 Å². The van der Waals surface area contributed by atoms with Crippen molar-refractivity contribution < 1.29 is 9.84 Å². The summed E-state index contributed by atoms with van der Waals surface area (Å²) in [5.74, 6) is 1.45. The zero-order valence-corrected chi connectivity index (χ0v) is 14.7. The molecule has 0 spiro atoms. The normalized spacial score (nSPS) is 21.6. The van der Waals surface area contributed by atoms with Gasteiger partial charge in [-0.2, -0.15) is 0 Å². The van der Waals surface area contributed by atoms with Crippen molar-refractivity contribution in [1.29, 1.82) is 0 Å². The molecule has 0 aromatic heterocycles. The van der Waals surface area contributed by atoms with Crippen molar-refractivity contribution in [3.63, 3.8) is 0 Å². The molecule has 2 aromatic carbocycles. The molecule has 2 aliphatic rings. The maximum absolute atomic E-state index is 9.92. The largest absolute Gasteiger partial charge is 0.508 e. The molecule has 0 bridgehead atoms. The van der Waals surface area contributed by atoms with Gasteiger partial charge >= 0.3 is 0 Å². The molecule has 0 saturated heterocycles. The Kier molecular flexibility index (Phi) is 4.12. The Labute approximate surface area is 149 Å². The summed E-state index contributed by atoms with van der Waals surface area (Å²) < 4.78 is 5.81. The monoisotopic (exact) mass is 332 g/mol. The van der Waals surface area contributed by atoms with E-state index in [0.29, 0.717) is 5.75 Å². The van der Waals surface area contributed by atoms with Crippen LogP contribution in [-0.4, -0.2) is 11.7 Å². The smallest absolute Gasteiger partial charge is 0.115 e. The zero-order valence-electron chi connectivity index (χ0n) is 14.7. The minimum Gasteiger partial charge on any atom is -0.508 e. The lowest BCUT2D eigenvalue weighted by molar-refractivity contribution is 0.204. The first kappa shape index (κ1) is 16.0. The van der Waals surface area contributed by atoms with Crippen LogP contribution in [0.4, 0.5) is 0 Å². The number of hydrogen-bond acceptors (Lipinski definition) is 2. The highest BCUT2D eigenvalue weighted by Gasteiger charge is 2.41. The van der Waals surface area contributed by atoms with E-state index in [1.807, 2.05) is 19.1 Å². The minimum absolute atomic E-state index is 0.0246. The molecule has 0 aliphatic heterocycles. The predicted octanol–water partition coefficient (Wildman–Crippen LogP) is 5.07. The number of aromatic hydroxyl groups is 1. The second-order valence-electron chi connectivity index (χ2n) is 6.99. The van der Waals surface area contributed by atoms with Gasteiger partial charge in [0.2, 0.25) is 0 Å². The van der Waals surface area contributed by atoms with Gasteiger partial charge in [0.1, 0.15) is 5.75 Å². The van der Waals surface area contributed by atoms with E-state index in [1.54, 1.807) is 0 Å². The molecular weight excluding hydrogens is 308 g/mol. The summed E-state index contributed by atoms with van der Waals surface area (Å²) in [7, 11) is 0. The molecule has 0 saturated carbocycles. The topological polar surface area (TPSA) is 29.5 Å². The average Bonchev–Trinajstić information content (AvgIpc) is 2.63. The standard InChI is InChI=1S/C23H24O2/c1-2-25-21-12-13-23(16-17-6-4-3-5-7-17)19(15-21)9-8-18-14-20(24)10-11-22(18)23/h3-7,9-11,14-15,24H,2,8,12-13,16H2,1H3. The van der Waals surface area contributed by atoms with Crippen LogP contribution in [0.25, 0.3) is 0 Å². The van der Waals surface area contributed by atoms with Gasteiger partial charge < -0.3 is 9.84 Å². The molecule has 0 fully saturated rings. The molecule has 4 rings (SSSR count). The summed E-state index contributed by atoms with van der Waals surface area (Å²) >= 11 is 0. The van der Waals surface area contributed by atoms with Crippen LogP contribution in [0.2, 0.25) is 0 Å². The first-order valence-electron chi connectivity index (χ1n) is 9.11. The molecule has 1 unspecified atom stereocenters. The number of rotatable bonds is 4. The highest BCUT2D eigenvalue weighted by Crippen LogP contribution is 2.49. The van der Waals surface area contributed by atoms with Gasteiger partial charge in [0.05, 0.1) is 12.4 Å². The molecule has 2 aromatic rings. The second kappa shape index (κ2) is 6.44. The van der Waals surface area contributed by atoms with Crippen LogP contribution < -0.4 is 0 Å². The zero-order chi connectivity index (χ0) is 17.3. The third kappa shape index (κ3) is 2.86. The fraction of sp³-hybridized carbons (Fsp3) is 0.304. The molecule has 128 valence electrons. The van der Waals surface area contributed by atoms with Crippen molar-refractivity contribution in [2.75, 3.05) is 6.61 Å². The van der Waals surface area contributed by atoms with Crippen LogP contribution in [0.15, 0.2) is 72.0 Å². The van der Waals surface area contributed by atoms with Gasteiger partial charge in [0, 0.05) is 11.8 Å². The first-order chi connectivity index (χ1) is 12.2. The van der Waals surface area contributed by atoms with Gasteiger partial charge in [0.25, 0.3) is 0 Å². The number of phenols is 1. The summed E-state index contributed by atoms with van der Waals surface area (Å²) in [6.45, 7) is 2.76. The molecule has 0 heterocycles. The lowest BCUT2D eigenvalue weighted by Crippen LogP contribution is -2.36. The van der Waals surface area contributed by atoms with Gasteiger partial charge in [-0.05, 0) is 66.7 Å². The van der Waals surface area contributed by atoms with Crippen LogP contribution in [0.5, 0.6) is 5.75 Å². The Balaban J connectivity index is 1.82. The maximum Gasteiger partial charge on any atom is 0.115 e. The quantitative estimate of drug-likeness (QED) is 0.847. The molecular formula is C23H24O2. The van der Waals surface area contributed by atoms with Crippen molar-refractivity contribution >= 4 is 0 Å². The third-order valence-electron chi connectivity index (χ3n) is 5.49. The Hall–Kier alpha value is -2.48. The SMILES string of the molecule is CCOC1=CC2=CCc3cc(O)ccc3C2(Cc2ccccc2)CC1. The van der Waals surface area contributed by atoms with E-state index >= 15 is 0 Å². The lowest BCUT2D eigenvalue weighted by atomic mass is 9.61. The van der Waals surface area contributed by atoms with Crippen molar-refractivity contribution in [1.82, 2.24) is 0 Å². The molecule has 0 amide bonds. The minimum atomic E-state index is -0.0246. The highest BCUT2D eigenvalue weighted by molar-refractivity contribution is 5.55. The highest BCUT2D eigenvalue weighted by atomic mass is 16.5. The summed E-state index contributed by atoms with van der Waals surface area (Å²) in [4.78, 5) is 0. The Morgan fingerprint density at radius 2 is 1.96 bits per heavy atom. The molecule has 1 N–H and O–H groups in total. The number of hydrogen-bond donors (Lipinski definition) is 1. The van der Waals surface area contributed by atoms with Crippen molar-refractivity contribution in [3.8, 4) is 5.75 Å². The number of benzene rings is 2. The van der Waals surface area contributed by atoms with Gasteiger partial charge in [-0.3, -0.25) is 0 Å². The first-order valence-corrected chi connectivity index (χ1v) is 9.11. The average molecular weight is 332 g/mol. The molecule has 0 radical (unpaired) electrons. The van der Waals surface area contributed by atoms with E-state index in [4.69, 9.17) is 4.74 Å². The summed E-state index contributed by atoms with van der Waals surface area (Å²) in [6, 6.07) is 16.6. The van der Waals surface area contributed by atoms with Crippen LogP contribution in [0.1, 0.15) is 36.5 Å². The fourth-order valence-corrected chi connectivity index (χ4v) is 4.37. The summed E-state index contributed by atoms with van der Waals surface area (Å²) in [5.41, 5.74) is 5.29. The molecule has 2 nitrogen and oxygen atoms in total. The third-order valence-corrected chi connectivity index (χ3v) is 5.49. The van der Waals surface area contributed by atoms with Gasteiger partial charge in [0.15, 0.2) is 0 Å². The number of ether oxygens (including phenoxy) is 1.